The Kier molecular flexibility index (Phi) is 3.74. The molecule has 0 atom stereocenters. The lowest BCUT2D eigenvalue weighted by molar-refractivity contribution is 0.0943. The van der Waals surface area contributed by atoms with Gasteiger partial charge in [-0.25, -0.2) is 9.37 Å². The summed E-state index contributed by atoms with van der Waals surface area (Å²) in [6.07, 6.45) is 0. The number of carbonyl (C=O) groups excluding carboxylic acids is 1. The number of aryl methyl sites for hydroxylation is 3. The summed E-state index contributed by atoms with van der Waals surface area (Å²) in [5.74, 6) is -0.0440. The summed E-state index contributed by atoms with van der Waals surface area (Å²) < 4.78 is 19.2. The van der Waals surface area contributed by atoms with Crippen molar-refractivity contribution in [2.24, 2.45) is 0 Å². The largest absolute Gasteiger partial charge is 0.444 e. The van der Waals surface area contributed by atoms with Crippen molar-refractivity contribution in [1.82, 2.24) is 10.3 Å². The summed E-state index contributed by atoms with van der Waals surface area (Å²) >= 11 is 0. The molecule has 0 spiro atoms. The van der Waals surface area contributed by atoms with Crippen LogP contribution in [0.25, 0.3) is 0 Å². The predicted molar refractivity (Wildman–Crippen MR) is 72.7 cm³/mol. The van der Waals surface area contributed by atoms with Gasteiger partial charge in [0.05, 0.1) is 17.8 Å². The molecule has 0 aliphatic carbocycles. The van der Waals surface area contributed by atoms with Crippen molar-refractivity contribution in [3.8, 4) is 0 Å². The first-order valence-corrected chi connectivity index (χ1v) is 6.15. The molecule has 2 rings (SSSR count). The molecule has 1 amide bonds. The van der Waals surface area contributed by atoms with E-state index in [0.717, 1.165) is 5.69 Å². The molecule has 6 heteroatoms. The summed E-state index contributed by atoms with van der Waals surface area (Å²) in [6, 6.07) is 2.79. The molecule has 0 saturated carbocycles. The van der Waals surface area contributed by atoms with E-state index in [0.29, 0.717) is 22.9 Å². The second-order valence-electron chi connectivity index (χ2n) is 4.63. The van der Waals surface area contributed by atoms with Gasteiger partial charge in [-0.1, -0.05) is 0 Å². The summed E-state index contributed by atoms with van der Waals surface area (Å²) in [5.41, 5.74) is 6.98. The molecule has 0 radical (unpaired) electrons. The van der Waals surface area contributed by atoms with E-state index in [4.69, 9.17) is 10.2 Å². The Labute approximate surface area is 116 Å². The summed E-state index contributed by atoms with van der Waals surface area (Å²) in [7, 11) is 0. The minimum absolute atomic E-state index is 0.0810. The zero-order valence-corrected chi connectivity index (χ0v) is 11.6. The number of nitrogens with one attached hydrogen (secondary N) is 1. The molecule has 0 unspecified atom stereocenters. The number of oxazole rings is 1. The number of nitrogens with zero attached hydrogens (tertiary/aromatic N) is 1. The van der Waals surface area contributed by atoms with Crippen LogP contribution in [-0.2, 0) is 6.54 Å². The number of benzene rings is 1. The molecule has 2 aromatic rings. The third-order valence-corrected chi connectivity index (χ3v) is 2.99. The summed E-state index contributed by atoms with van der Waals surface area (Å²) in [6.45, 7) is 5.25. The third kappa shape index (κ3) is 2.79. The zero-order valence-electron chi connectivity index (χ0n) is 11.6. The Hall–Kier alpha value is -2.37. The van der Waals surface area contributed by atoms with E-state index in [-0.39, 0.29) is 12.1 Å². The Bertz CT molecular complexity index is 645. The van der Waals surface area contributed by atoms with Gasteiger partial charge < -0.3 is 15.5 Å². The van der Waals surface area contributed by atoms with Crippen molar-refractivity contribution in [2.75, 3.05) is 5.73 Å². The zero-order chi connectivity index (χ0) is 14.9. The molecule has 0 saturated heterocycles. The van der Waals surface area contributed by atoms with E-state index in [1.165, 1.54) is 12.1 Å². The fraction of sp³-hybridized carbons (Fsp3) is 0.286. The molecule has 0 bridgehead atoms. The van der Waals surface area contributed by atoms with Crippen LogP contribution in [0.3, 0.4) is 0 Å². The Morgan fingerprint density at radius 3 is 2.70 bits per heavy atom. The summed E-state index contributed by atoms with van der Waals surface area (Å²) in [4.78, 5) is 16.1. The summed E-state index contributed by atoms with van der Waals surface area (Å²) in [5, 5.41) is 2.56. The van der Waals surface area contributed by atoms with E-state index in [1.54, 1.807) is 13.8 Å². The molecule has 1 aromatic carbocycles. The molecule has 0 fully saturated rings. The van der Waals surface area contributed by atoms with Gasteiger partial charge in [0.15, 0.2) is 0 Å². The maximum Gasteiger partial charge on any atom is 0.254 e. The van der Waals surface area contributed by atoms with Crippen LogP contribution in [0.1, 0.15) is 33.3 Å². The van der Waals surface area contributed by atoms with Crippen molar-refractivity contribution >= 4 is 11.6 Å². The average molecular weight is 277 g/mol. The molecular formula is C14H16FN3O2. The Morgan fingerprint density at radius 1 is 1.40 bits per heavy atom. The highest BCUT2D eigenvalue weighted by atomic mass is 19.1. The molecular weight excluding hydrogens is 261 g/mol. The molecule has 106 valence electrons. The van der Waals surface area contributed by atoms with Crippen molar-refractivity contribution in [3.63, 3.8) is 0 Å². The number of hydrogen-bond acceptors (Lipinski definition) is 4. The van der Waals surface area contributed by atoms with Crippen LogP contribution in [0.2, 0.25) is 0 Å². The maximum atomic E-state index is 13.9. The SMILES string of the molecule is Cc1cc(N)cc(C(=O)NCc2nc(C)c(C)o2)c1F. The number of halogens is 1. The highest BCUT2D eigenvalue weighted by Crippen LogP contribution is 2.17. The lowest BCUT2D eigenvalue weighted by Gasteiger charge is -2.07. The molecule has 5 nitrogen and oxygen atoms in total. The van der Waals surface area contributed by atoms with E-state index >= 15 is 0 Å². The van der Waals surface area contributed by atoms with Gasteiger partial charge in [0, 0.05) is 5.69 Å². The first-order valence-electron chi connectivity index (χ1n) is 6.15. The predicted octanol–water partition coefficient (Wildman–Crippen LogP) is 2.25. The van der Waals surface area contributed by atoms with Crippen LogP contribution in [-0.4, -0.2) is 10.9 Å². The topological polar surface area (TPSA) is 81.2 Å². The molecule has 1 aromatic heterocycles. The highest BCUT2D eigenvalue weighted by molar-refractivity contribution is 5.95. The van der Waals surface area contributed by atoms with Crippen LogP contribution in [0.15, 0.2) is 16.5 Å². The molecule has 20 heavy (non-hydrogen) atoms. The standard InChI is InChI=1S/C14H16FN3O2/c1-7-4-10(16)5-11(13(7)15)14(19)17-6-12-18-8(2)9(3)20-12/h4-5H,6,16H2,1-3H3,(H,17,19). The Balaban J connectivity index is 2.13. The lowest BCUT2D eigenvalue weighted by atomic mass is 10.1. The van der Waals surface area contributed by atoms with Crippen LogP contribution < -0.4 is 11.1 Å². The first-order chi connectivity index (χ1) is 9.38. The molecule has 3 N–H and O–H groups in total. The maximum absolute atomic E-state index is 13.9. The number of nitrogen functional groups attached to an aromatic ring is 1. The number of aromatic nitrogens is 1. The lowest BCUT2D eigenvalue weighted by Crippen LogP contribution is -2.24. The van der Waals surface area contributed by atoms with E-state index in [2.05, 4.69) is 10.3 Å². The number of anilines is 1. The van der Waals surface area contributed by atoms with Gasteiger partial charge in [-0.3, -0.25) is 4.79 Å². The van der Waals surface area contributed by atoms with Gasteiger partial charge >= 0.3 is 0 Å². The highest BCUT2D eigenvalue weighted by Gasteiger charge is 2.15. The van der Waals surface area contributed by atoms with Gasteiger partial charge in [-0.2, -0.15) is 0 Å². The average Bonchev–Trinajstić information content (AvgIpc) is 2.70. The van der Waals surface area contributed by atoms with E-state index < -0.39 is 11.7 Å². The number of rotatable bonds is 3. The second kappa shape index (κ2) is 5.32. The number of nitrogens with two attached hydrogens (primary N) is 1. The van der Waals surface area contributed by atoms with Gasteiger partial charge in [-0.15, -0.1) is 0 Å². The van der Waals surface area contributed by atoms with E-state index in [1.807, 2.05) is 6.92 Å². The molecule has 0 aliphatic rings. The normalized spacial score (nSPS) is 10.6. The van der Waals surface area contributed by atoms with Crippen LogP contribution >= 0.6 is 0 Å². The van der Waals surface area contributed by atoms with Gasteiger partial charge in [0.25, 0.3) is 5.91 Å². The fourth-order valence-electron chi connectivity index (χ4n) is 1.83. The van der Waals surface area contributed by atoms with Crippen molar-refractivity contribution in [2.45, 2.75) is 27.3 Å². The number of amides is 1. The monoisotopic (exact) mass is 277 g/mol. The van der Waals surface area contributed by atoms with E-state index in [9.17, 15) is 9.18 Å². The second-order valence-corrected chi connectivity index (χ2v) is 4.63. The smallest absolute Gasteiger partial charge is 0.254 e. The van der Waals surface area contributed by atoms with Crippen molar-refractivity contribution in [3.05, 3.63) is 46.4 Å². The fourth-order valence-corrected chi connectivity index (χ4v) is 1.83. The Morgan fingerprint density at radius 2 is 2.10 bits per heavy atom. The minimum Gasteiger partial charge on any atom is -0.444 e. The first kappa shape index (κ1) is 14.0. The van der Waals surface area contributed by atoms with Gasteiger partial charge in [0.2, 0.25) is 5.89 Å². The van der Waals surface area contributed by atoms with Gasteiger partial charge in [-0.05, 0) is 38.5 Å². The van der Waals surface area contributed by atoms with Crippen molar-refractivity contribution < 1.29 is 13.6 Å². The number of carbonyl (C=O) groups is 1. The van der Waals surface area contributed by atoms with Crippen LogP contribution in [0.4, 0.5) is 10.1 Å². The molecule has 0 aliphatic heterocycles. The minimum atomic E-state index is -0.573. The third-order valence-electron chi connectivity index (χ3n) is 2.99. The van der Waals surface area contributed by atoms with Crippen LogP contribution in [0, 0.1) is 26.6 Å². The van der Waals surface area contributed by atoms with Crippen molar-refractivity contribution in [1.29, 1.82) is 0 Å². The number of hydrogen-bond donors (Lipinski definition) is 2. The molecule has 1 heterocycles. The van der Waals surface area contributed by atoms with Crippen LogP contribution in [0.5, 0.6) is 0 Å². The quantitative estimate of drug-likeness (QED) is 0.843. The van der Waals surface area contributed by atoms with Gasteiger partial charge in [0.1, 0.15) is 11.6 Å².